The molecule has 1 saturated heterocycles. The molecule has 8 nitrogen and oxygen atoms in total. The molecule has 1 atom stereocenters. The molecule has 1 amide bonds. The summed E-state index contributed by atoms with van der Waals surface area (Å²) in [6.45, 7) is 12.6. The third-order valence-corrected chi connectivity index (χ3v) is 7.88. The van der Waals surface area contributed by atoms with Crippen molar-refractivity contribution in [2.75, 3.05) is 36.4 Å². The molecule has 176 valence electrons. The quantitative estimate of drug-likeness (QED) is 0.648. The zero-order valence-electron chi connectivity index (χ0n) is 19.7. The molecule has 0 spiro atoms. The smallest absolute Gasteiger partial charge is 0.262 e. The number of piperidine rings is 1. The normalized spacial score (nSPS) is 17.5. The maximum absolute atomic E-state index is 13.1. The molecule has 1 N–H and O–H groups in total. The summed E-state index contributed by atoms with van der Waals surface area (Å²) in [5.74, 6) is -0.538. The molecule has 0 unspecified atom stereocenters. The number of aromatic nitrogens is 2. The van der Waals surface area contributed by atoms with Gasteiger partial charge in [0, 0.05) is 49.8 Å². The van der Waals surface area contributed by atoms with Gasteiger partial charge in [-0.1, -0.05) is 0 Å². The second kappa shape index (κ2) is 10.0. The Morgan fingerprint density at radius 2 is 2.00 bits per heavy atom. The van der Waals surface area contributed by atoms with E-state index in [9.17, 15) is 13.2 Å². The number of amides is 1. The number of hydrogen-bond acceptors (Lipinski definition) is 5. The largest absolute Gasteiger partial charge is 0.372 e. The second-order valence-corrected chi connectivity index (χ2v) is 10.5. The summed E-state index contributed by atoms with van der Waals surface area (Å²) in [4.78, 5) is 19.3. The molecule has 1 fully saturated rings. The Bertz CT molecular complexity index is 1040. The molecule has 1 aliphatic rings. The molecule has 1 aromatic carbocycles. The van der Waals surface area contributed by atoms with Crippen molar-refractivity contribution >= 4 is 27.3 Å². The first kappa shape index (κ1) is 24.3. The van der Waals surface area contributed by atoms with Gasteiger partial charge in [-0.05, 0) is 71.2 Å². The molecular formula is C23H35N5O3S. The molecule has 2 aromatic rings. The molecule has 0 saturated carbocycles. The van der Waals surface area contributed by atoms with Crippen LogP contribution in [0.25, 0.3) is 0 Å². The number of anilines is 2. The van der Waals surface area contributed by atoms with Crippen molar-refractivity contribution in [3.05, 3.63) is 36.3 Å². The number of hydrogen-bond donors (Lipinski definition) is 1. The number of aryl methyl sites for hydroxylation is 1. The van der Waals surface area contributed by atoms with E-state index < -0.39 is 15.9 Å². The third-order valence-electron chi connectivity index (χ3n) is 6.13. The van der Waals surface area contributed by atoms with Crippen LogP contribution in [-0.4, -0.2) is 54.4 Å². The minimum Gasteiger partial charge on any atom is -0.372 e. The van der Waals surface area contributed by atoms with Crippen LogP contribution in [0.2, 0.25) is 0 Å². The maximum atomic E-state index is 13.1. The molecule has 1 aromatic heterocycles. The van der Waals surface area contributed by atoms with Gasteiger partial charge in [0.25, 0.3) is 10.0 Å². The van der Waals surface area contributed by atoms with E-state index in [0.29, 0.717) is 19.4 Å². The number of sulfonamides is 1. The van der Waals surface area contributed by atoms with E-state index in [-0.39, 0.29) is 23.5 Å². The Morgan fingerprint density at radius 3 is 2.59 bits per heavy atom. The van der Waals surface area contributed by atoms with Crippen LogP contribution in [-0.2, 0) is 14.8 Å². The Hall–Kier alpha value is -2.39. The highest BCUT2D eigenvalue weighted by atomic mass is 32.2. The van der Waals surface area contributed by atoms with E-state index in [2.05, 4.69) is 35.1 Å². The lowest BCUT2D eigenvalue weighted by molar-refractivity contribution is -0.120. The predicted octanol–water partition coefficient (Wildman–Crippen LogP) is 3.66. The van der Waals surface area contributed by atoms with Crippen molar-refractivity contribution in [2.45, 2.75) is 58.5 Å². The van der Waals surface area contributed by atoms with Crippen LogP contribution in [0, 0.1) is 12.8 Å². The third kappa shape index (κ3) is 5.15. The molecule has 0 radical (unpaired) electrons. The fourth-order valence-corrected chi connectivity index (χ4v) is 5.49. The summed E-state index contributed by atoms with van der Waals surface area (Å²) in [5.41, 5.74) is 2.88. The summed E-state index contributed by atoms with van der Waals surface area (Å²) >= 11 is 0. The average Bonchev–Trinajstić information content (AvgIpc) is 3.28. The molecule has 9 heteroatoms. The summed E-state index contributed by atoms with van der Waals surface area (Å²) in [6.07, 6.45) is 4.40. The van der Waals surface area contributed by atoms with E-state index in [1.54, 1.807) is 10.8 Å². The van der Waals surface area contributed by atoms with Crippen LogP contribution in [0.3, 0.4) is 0 Å². The highest BCUT2D eigenvalue weighted by Gasteiger charge is 2.34. The lowest BCUT2D eigenvalue weighted by atomic mass is 9.98. The Kier molecular flexibility index (Phi) is 7.61. The van der Waals surface area contributed by atoms with Gasteiger partial charge in [0.15, 0.2) is 5.03 Å². The fourth-order valence-electron chi connectivity index (χ4n) is 4.05. The molecule has 1 aliphatic heterocycles. The summed E-state index contributed by atoms with van der Waals surface area (Å²) in [7, 11) is -3.73. The van der Waals surface area contributed by atoms with Crippen molar-refractivity contribution < 1.29 is 13.2 Å². The molecule has 0 bridgehead atoms. The number of rotatable bonds is 8. The number of carbonyl (C=O) groups is 1. The SMILES string of the molecule is CCN(CC)c1ccc(NC(=O)[C@H]2CCCN(S(=O)(=O)c3cn(C(C)C)cn3)C2)c(C)c1. The first-order chi connectivity index (χ1) is 15.2. The van der Waals surface area contributed by atoms with E-state index in [4.69, 9.17) is 0 Å². The highest BCUT2D eigenvalue weighted by molar-refractivity contribution is 7.89. The van der Waals surface area contributed by atoms with Crippen molar-refractivity contribution in [3.8, 4) is 0 Å². The van der Waals surface area contributed by atoms with Crippen LogP contribution >= 0.6 is 0 Å². The number of imidazole rings is 1. The maximum Gasteiger partial charge on any atom is 0.262 e. The van der Waals surface area contributed by atoms with Gasteiger partial charge in [0.2, 0.25) is 5.91 Å². The summed E-state index contributed by atoms with van der Waals surface area (Å²) < 4.78 is 29.3. The van der Waals surface area contributed by atoms with E-state index in [1.165, 1.54) is 10.6 Å². The predicted molar refractivity (Wildman–Crippen MR) is 127 cm³/mol. The Balaban J connectivity index is 1.70. The number of benzene rings is 1. The zero-order valence-corrected chi connectivity index (χ0v) is 20.5. The van der Waals surface area contributed by atoms with E-state index in [1.807, 2.05) is 32.9 Å². The molecule has 0 aliphatic carbocycles. The molecule has 32 heavy (non-hydrogen) atoms. The lowest BCUT2D eigenvalue weighted by Crippen LogP contribution is -2.43. The van der Waals surface area contributed by atoms with Crippen molar-refractivity contribution in [2.24, 2.45) is 5.92 Å². The van der Waals surface area contributed by atoms with Crippen molar-refractivity contribution in [1.82, 2.24) is 13.9 Å². The van der Waals surface area contributed by atoms with E-state index in [0.717, 1.165) is 30.0 Å². The van der Waals surface area contributed by atoms with Crippen molar-refractivity contribution in [1.29, 1.82) is 0 Å². The van der Waals surface area contributed by atoms with Crippen LogP contribution in [0.15, 0.2) is 35.7 Å². The zero-order chi connectivity index (χ0) is 23.5. The Morgan fingerprint density at radius 1 is 1.28 bits per heavy atom. The van der Waals surface area contributed by atoms with E-state index >= 15 is 0 Å². The van der Waals surface area contributed by atoms with Gasteiger partial charge in [-0.3, -0.25) is 4.79 Å². The van der Waals surface area contributed by atoms with Gasteiger partial charge in [0.1, 0.15) is 0 Å². The Labute approximate surface area is 191 Å². The average molecular weight is 462 g/mol. The number of carbonyl (C=O) groups excluding carboxylic acids is 1. The first-order valence-electron chi connectivity index (χ1n) is 11.4. The van der Waals surface area contributed by atoms with Gasteiger partial charge in [-0.2, -0.15) is 4.31 Å². The van der Waals surface area contributed by atoms with Crippen LogP contribution in [0.4, 0.5) is 11.4 Å². The van der Waals surface area contributed by atoms with Crippen LogP contribution in [0.1, 0.15) is 52.1 Å². The first-order valence-corrected chi connectivity index (χ1v) is 12.8. The van der Waals surface area contributed by atoms with Gasteiger partial charge in [0.05, 0.1) is 12.2 Å². The van der Waals surface area contributed by atoms with Gasteiger partial charge < -0.3 is 14.8 Å². The molecule has 2 heterocycles. The van der Waals surface area contributed by atoms with Crippen LogP contribution < -0.4 is 10.2 Å². The van der Waals surface area contributed by atoms with Gasteiger partial charge in [-0.15, -0.1) is 0 Å². The van der Waals surface area contributed by atoms with Gasteiger partial charge >= 0.3 is 0 Å². The topological polar surface area (TPSA) is 87.5 Å². The molecular weight excluding hydrogens is 426 g/mol. The minimum absolute atomic E-state index is 0.0371. The molecule has 3 rings (SSSR count). The fraction of sp³-hybridized carbons (Fsp3) is 0.565. The second-order valence-electron chi connectivity index (χ2n) is 8.62. The minimum atomic E-state index is -3.73. The summed E-state index contributed by atoms with van der Waals surface area (Å²) in [5, 5.41) is 3.05. The highest BCUT2D eigenvalue weighted by Crippen LogP contribution is 2.27. The summed E-state index contributed by atoms with van der Waals surface area (Å²) in [6, 6.07) is 6.14. The monoisotopic (exact) mass is 461 g/mol. The van der Waals surface area contributed by atoms with Crippen LogP contribution in [0.5, 0.6) is 0 Å². The van der Waals surface area contributed by atoms with Gasteiger partial charge in [-0.25, -0.2) is 13.4 Å². The lowest BCUT2D eigenvalue weighted by Gasteiger charge is -2.30. The van der Waals surface area contributed by atoms with Crippen molar-refractivity contribution in [3.63, 3.8) is 0 Å². The standard InChI is InChI=1S/C23H35N5O3S/c1-6-26(7-2)20-10-11-21(18(5)13-20)25-23(29)19-9-8-12-28(14-19)32(30,31)22-15-27(16-24-22)17(3)4/h10-11,13,15-17,19H,6-9,12,14H2,1-5H3,(H,25,29)/t19-/m0/s1. The number of nitrogens with zero attached hydrogens (tertiary/aromatic N) is 4. The number of nitrogens with one attached hydrogen (secondary N) is 1.